The van der Waals surface area contributed by atoms with Gasteiger partial charge in [0, 0.05) is 6.42 Å². The Morgan fingerprint density at radius 2 is 0.924 bits per heavy atom. The molecule has 0 bridgehead atoms. The number of hydrogen-bond donors (Lipinski definition) is 3. The molecule has 0 rings (SSSR count). The van der Waals surface area contributed by atoms with E-state index in [-0.39, 0.29) is 19.1 Å². The van der Waals surface area contributed by atoms with Crippen molar-refractivity contribution in [2.45, 2.75) is 244 Å². The minimum Gasteiger partial charge on any atom is -0.387 e. The lowest BCUT2D eigenvalue weighted by Gasteiger charge is -2.25. The quantitative estimate of drug-likeness (QED) is 0.0243. The first-order valence-electron chi connectivity index (χ1n) is 27.3. The van der Waals surface area contributed by atoms with E-state index in [0.717, 1.165) is 64.2 Å². The van der Waals surface area contributed by atoms with Crippen LogP contribution in [-0.2, 0) is 18.4 Å². The van der Waals surface area contributed by atoms with Crippen LogP contribution < -0.4 is 5.32 Å². The van der Waals surface area contributed by atoms with E-state index >= 15 is 0 Å². The number of amides is 1. The third kappa shape index (κ3) is 49.8. The Bertz CT molecular complexity index is 1300. The van der Waals surface area contributed by atoms with Crippen LogP contribution in [0.4, 0.5) is 0 Å². The molecule has 0 aromatic heterocycles. The predicted molar refractivity (Wildman–Crippen MR) is 286 cm³/mol. The van der Waals surface area contributed by atoms with Gasteiger partial charge in [-0.05, 0) is 70.6 Å². The Kier molecular flexibility index (Phi) is 46.5. The van der Waals surface area contributed by atoms with Crippen LogP contribution in [0.15, 0.2) is 72.9 Å². The van der Waals surface area contributed by atoms with E-state index in [0.29, 0.717) is 17.4 Å². The van der Waals surface area contributed by atoms with Gasteiger partial charge in [0.25, 0.3) is 0 Å². The highest BCUT2D eigenvalue weighted by Crippen LogP contribution is 2.43. The molecule has 3 atom stereocenters. The van der Waals surface area contributed by atoms with Crippen molar-refractivity contribution in [3.05, 3.63) is 72.9 Å². The lowest BCUT2D eigenvalue weighted by Crippen LogP contribution is -2.45. The second-order valence-corrected chi connectivity index (χ2v) is 21.0. The molecule has 0 saturated carbocycles. The van der Waals surface area contributed by atoms with Crippen LogP contribution in [0.2, 0.25) is 0 Å². The molecule has 0 saturated heterocycles. The summed E-state index contributed by atoms with van der Waals surface area (Å²) < 4.78 is 23.6. The van der Waals surface area contributed by atoms with Crippen molar-refractivity contribution < 1.29 is 32.9 Å². The zero-order chi connectivity index (χ0) is 48.5. The van der Waals surface area contributed by atoms with Crippen LogP contribution in [0.1, 0.15) is 232 Å². The maximum Gasteiger partial charge on any atom is 0.472 e. The van der Waals surface area contributed by atoms with Crippen molar-refractivity contribution in [3.8, 4) is 0 Å². The minimum atomic E-state index is -4.35. The van der Waals surface area contributed by atoms with Gasteiger partial charge < -0.3 is 19.8 Å². The fourth-order valence-corrected chi connectivity index (χ4v) is 8.37. The van der Waals surface area contributed by atoms with Crippen molar-refractivity contribution in [1.82, 2.24) is 5.32 Å². The number of aliphatic hydroxyl groups is 1. The molecule has 0 heterocycles. The number of phosphoric acid groups is 1. The third-order valence-electron chi connectivity index (χ3n) is 11.9. The summed E-state index contributed by atoms with van der Waals surface area (Å²) in [7, 11) is 1.55. The van der Waals surface area contributed by atoms with E-state index in [1.807, 2.05) is 27.2 Å². The maximum atomic E-state index is 12.9. The molecule has 3 N–H and O–H groups in total. The number of phosphoric ester groups is 1. The summed E-state index contributed by atoms with van der Waals surface area (Å²) in [5, 5.41) is 13.9. The third-order valence-corrected chi connectivity index (χ3v) is 12.9. The van der Waals surface area contributed by atoms with Crippen LogP contribution in [0.5, 0.6) is 0 Å². The molecule has 0 aliphatic carbocycles. The van der Waals surface area contributed by atoms with E-state index in [2.05, 4.69) is 79.9 Å². The summed E-state index contributed by atoms with van der Waals surface area (Å²) in [5.41, 5.74) is 0. The Morgan fingerprint density at radius 3 is 1.39 bits per heavy atom. The van der Waals surface area contributed by atoms with E-state index in [1.54, 1.807) is 6.08 Å². The van der Waals surface area contributed by atoms with Gasteiger partial charge in [0.05, 0.1) is 39.9 Å². The molecule has 3 unspecified atom stereocenters. The second kappa shape index (κ2) is 48.0. The molecule has 9 heteroatoms. The Hall–Kier alpha value is -2.06. The molecule has 1 amide bonds. The molecular weight excluding hydrogens is 840 g/mol. The van der Waals surface area contributed by atoms with Gasteiger partial charge in [-0.3, -0.25) is 13.8 Å². The van der Waals surface area contributed by atoms with Crippen molar-refractivity contribution in [2.24, 2.45) is 0 Å². The van der Waals surface area contributed by atoms with Crippen LogP contribution in [0, 0.1) is 0 Å². The number of carbonyl (C=O) groups is 1. The molecule has 0 fully saturated rings. The number of allylic oxidation sites excluding steroid dienone is 11. The van der Waals surface area contributed by atoms with E-state index in [1.165, 1.54) is 148 Å². The number of carbonyl (C=O) groups excluding carboxylic acids is 1. The summed E-state index contributed by atoms with van der Waals surface area (Å²) in [6.07, 6.45) is 65.7. The number of rotatable bonds is 49. The first-order chi connectivity index (χ1) is 32.0. The van der Waals surface area contributed by atoms with Gasteiger partial charge in [-0.25, -0.2) is 4.57 Å². The molecule has 0 aliphatic heterocycles. The normalized spacial score (nSPS) is 14.6. The highest BCUT2D eigenvalue weighted by atomic mass is 31.2. The summed E-state index contributed by atoms with van der Waals surface area (Å²) in [4.78, 5) is 23.2. The number of nitrogens with one attached hydrogen (secondary N) is 1. The van der Waals surface area contributed by atoms with Crippen molar-refractivity contribution in [2.75, 3.05) is 40.9 Å². The summed E-state index contributed by atoms with van der Waals surface area (Å²) in [5.74, 6) is -0.188. The van der Waals surface area contributed by atoms with Crippen LogP contribution in [0.25, 0.3) is 0 Å². The van der Waals surface area contributed by atoms with Crippen molar-refractivity contribution >= 4 is 13.7 Å². The molecule has 0 radical (unpaired) electrons. The Balaban J connectivity index is 4.17. The van der Waals surface area contributed by atoms with Crippen molar-refractivity contribution in [1.29, 1.82) is 0 Å². The molecule has 384 valence electrons. The molecule has 0 aromatic carbocycles. The second-order valence-electron chi connectivity index (χ2n) is 19.6. The van der Waals surface area contributed by atoms with Gasteiger partial charge in [0.2, 0.25) is 5.91 Å². The first kappa shape index (κ1) is 63.9. The maximum absolute atomic E-state index is 12.9. The molecule has 0 aliphatic rings. The highest BCUT2D eigenvalue weighted by Gasteiger charge is 2.27. The fraction of sp³-hybridized carbons (Fsp3) is 0.772. The van der Waals surface area contributed by atoms with Gasteiger partial charge in [-0.1, -0.05) is 228 Å². The fourth-order valence-electron chi connectivity index (χ4n) is 7.64. The van der Waals surface area contributed by atoms with Crippen LogP contribution in [-0.4, -0.2) is 73.4 Å². The number of nitrogens with zero attached hydrogens (tertiary/aromatic N) is 1. The van der Waals surface area contributed by atoms with Crippen molar-refractivity contribution in [3.63, 3.8) is 0 Å². The number of quaternary nitrogens is 1. The van der Waals surface area contributed by atoms with Gasteiger partial charge in [0.1, 0.15) is 13.2 Å². The average Bonchev–Trinajstić information content (AvgIpc) is 3.28. The first-order valence-corrected chi connectivity index (χ1v) is 28.8. The van der Waals surface area contributed by atoms with E-state index in [4.69, 9.17) is 9.05 Å². The van der Waals surface area contributed by atoms with E-state index < -0.39 is 20.0 Å². The van der Waals surface area contributed by atoms with E-state index in [9.17, 15) is 19.4 Å². The molecule has 8 nitrogen and oxygen atoms in total. The molecular formula is C57H106N2O6P+. The minimum absolute atomic E-state index is 0.0546. The van der Waals surface area contributed by atoms with Gasteiger partial charge in [0.15, 0.2) is 0 Å². The lowest BCUT2D eigenvalue weighted by atomic mass is 10.0. The summed E-state index contributed by atoms with van der Waals surface area (Å²) >= 11 is 0. The number of unbranched alkanes of at least 4 members (excludes halogenated alkanes) is 26. The monoisotopic (exact) mass is 946 g/mol. The van der Waals surface area contributed by atoms with Gasteiger partial charge in [-0.15, -0.1) is 0 Å². The number of hydrogen-bond acceptors (Lipinski definition) is 5. The average molecular weight is 946 g/mol. The zero-order valence-corrected chi connectivity index (χ0v) is 44.6. The predicted octanol–water partition coefficient (Wildman–Crippen LogP) is 16.3. The molecule has 0 spiro atoms. The Morgan fingerprint density at radius 1 is 0.530 bits per heavy atom. The summed E-state index contributed by atoms with van der Waals surface area (Å²) in [6, 6.07) is -0.865. The molecule has 66 heavy (non-hydrogen) atoms. The van der Waals surface area contributed by atoms with Gasteiger partial charge >= 0.3 is 7.82 Å². The standard InChI is InChI=1S/C57H105N2O6P/c1-6-8-10-12-14-16-18-20-22-23-24-25-26-27-28-29-30-31-32-33-34-35-37-39-41-43-45-47-49-51-57(61)58-55(54-65-66(62,63)64-53-52-59(3,4)5)56(60)50-48-46-44-42-40-38-36-21-19-17-15-13-11-9-7-2/h8,10,14,16,20,22,24-25,40,42,48,50,55-56,60H,6-7,9,11-13,15,17-19,21,23,26-39,41,43-47,49,51-54H2,1-5H3,(H-,58,61,62,63)/p+1/b10-8-,16-14-,22-20-,25-24-,42-40+,50-48+. The smallest absolute Gasteiger partial charge is 0.387 e. The molecule has 0 aromatic rings. The SMILES string of the molecule is CC/C=C\C/C=C\C/C=C\C/C=C\CCCCCCCCCCCCCCCCCCC(=O)NC(COP(=O)(O)OCC[N+](C)(C)C)C(O)/C=C/CC/C=C/CCCCCCCCCCC. The number of aliphatic hydroxyl groups excluding tert-OH is 1. The Labute approximate surface area is 408 Å². The lowest BCUT2D eigenvalue weighted by molar-refractivity contribution is -0.870. The van der Waals surface area contributed by atoms with Crippen LogP contribution >= 0.6 is 7.82 Å². The summed E-state index contributed by atoms with van der Waals surface area (Å²) in [6.45, 7) is 4.68. The number of likely N-dealkylation sites (N-methyl/N-ethyl adjacent to an activating group) is 1. The topological polar surface area (TPSA) is 105 Å². The van der Waals surface area contributed by atoms with Gasteiger partial charge in [-0.2, -0.15) is 0 Å². The highest BCUT2D eigenvalue weighted by molar-refractivity contribution is 7.47. The largest absolute Gasteiger partial charge is 0.472 e. The zero-order valence-electron chi connectivity index (χ0n) is 43.7. The van der Waals surface area contributed by atoms with Crippen LogP contribution in [0.3, 0.4) is 0 Å².